The van der Waals surface area contributed by atoms with Crippen LogP contribution in [-0.2, 0) is 0 Å². The highest BCUT2D eigenvalue weighted by Crippen LogP contribution is 2.07. The molecule has 74 valence electrons. The lowest BCUT2D eigenvalue weighted by Crippen LogP contribution is -2.63. The molecule has 0 aliphatic rings. The van der Waals surface area contributed by atoms with Crippen LogP contribution in [0.1, 0.15) is 32.6 Å². The monoisotopic (exact) mass is 173 g/mol. The van der Waals surface area contributed by atoms with Crippen LogP contribution >= 0.6 is 0 Å². The minimum atomic E-state index is -0.0742. The predicted octanol–water partition coefficient (Wildman–Crippen LogP) is 0.879. The molecule has 3 N–H and O–H groups in total. The molecule has 3 heteroatoms. The highest BCUT2D eigenvalue weighted by Gasteiger charge is 2.21. The zero-order chi connectivity index (χ0) is 9.45. The molecule has 0 unspecified atom stereocenters. The second-order valence-corrected chi connectivity index (χ2v) is 3.11. The Morgan fingerprint density at radius 3 is 1.75 bits per heavy atom. The van der Waals surface area contributed by atoms with Gasteiger partial charge in [-0.2, -0.15) is 0 Å². The molecular formula is C9H23N3. The molecule has 0 heterocycles. The smallest absolute Gasteiger partial charge is 0.122 e. The molecule has 0 atom stereocenters. The zero-order valence-corrected chi connectivity index (χ0v) is 8.83. The summed E-state index contributed by atoms with van der Waals surface area (Å²) < 4.78 is 0. The van der Waals surface area contributed by atoms with Crippen LogP contribution in [0.4, 0.5) is 0 Å². The van der Waals surface area contributed by atoms with Crippen molar-refractivity contribution in [2.24, 2.45) is 0 Å². The largest absolute Gasteiger partial charge is 0.290 e. The standard InChI is InChI=1S/C9H23N3/c1-5-6-7-8-9(10-2,11-3)12-4/h10-12H,5-8H2,1-4H3. The summed E-state index contributed by atoms with van der Waals surface area (Å²) in [6.45, 7) is 2.22. The Morgan fingerprint density at radius 1 is 0.917 bits per heavy atom. The molecule has 0 aliphatic carbocycles. The van der Waals surface area contributed by atoms with Crippen molar-refractivity contribution in [2.75, 3.05) is 21.1 Å². The number of unbranched alkanes of at least 4 members (excludes halogenated alkanes) is 2. The molecular weight excluding hydrogens is 150 g/mol. The van der Waals surface area contributed by atoms with Crippen molar-refractivity contribution in [3.05, 3.63) is 0 Å². The SMILES string of the molecule is CCCCCC(NC)(NC)NC. The van der Waals surface area contributed by atoms with Crippen LogP contribution in [0.3, 0.4) is 0 Å². The molecule has 0 amide bonds. The number of nitrogens with one attached hydrogen (secondary N) is 3. The van der Waals surface area contributed by atoms with E-state index in [0.29, 0.717) is 0 Å². The van der Waals surface area contributed by atoms with E-state index in [2.05, 4.69) is 22.9 Å². The van der Waals surface area contributed by atoms with E-state index in [1.807, 2.05) is 21.1 Å². The highest BCUT2D eigenvalue weighted by atomic mass is 15.3. The van der Waals surface area contributed by atoms with E-state index in [-0.39, 0.29) is 5.79 Å². The summed E-state index contributed by atoms with van der Waals surface area (Å²) in [6.07, 6.45) is 4.93. The van der Waals surface area contributed by atoms with Gasteiger partial charge in [0.05, 0.1) is 0 Å². The molecule has 12 heavy (non-hydrogen) atoms. The Kier molecular flexibility index (Phi) is 6.34. The Hall–Kier alpha value is -0.120. The molecule has 0 rings (SSSR count). The fourth-order valence-electron chi connectivity index (χ4n) is 1.39. The molecule has 0 fully saturated rings. The van der Waals surface area contributed by atoms with E-state index >= 15 is 0 Å². The van der Waals surface area contributed by atoms with Gasteiger partial charge in [-0.25, -0.2) is 0 Å². The fraction of sp³-hybridized carbons (Fsp3) is 1.00. The van der Waals surface area contributed by atoms with Gasteiger partial charge < -0.3 is 0 Å². The minimum absolute atomic E-state index is 0.0742. The van der Waals surface area contributed by atoms with Crippen LogP contribution in [0, 0.1) is 0 Å². The summed E-state index contributed by atoms with van der Waals surface area (Å²) in [4.78, 5) is 0. The van der Waals surface area contributed by atoms with Crippen molar-refractivity contribution >= 4 is 0 Å². The molecule has 0 saturated heterocycles. The van der Waals surface area contributed by atoms with Crippen molar-refractivity contribution in [1.82, 2.24) is 16.0 Å². The maximum absolute atomic E-state index is 3.25. The van der Waals surface area contributed by atoms with E-state index in [9.17, 15) is 0 Å². The van der Waals surface area contributed by atoms with E-state index in [0.717, 1.165) is 6.42 Å². The Balaban J connectivity index is 3.76. The van der Waals surface area contributed by atoms with Gasteiger partial charge in [-0.05, 0) is 34.0 Å². The molecule has 0 aliphatic heterocycles. The number of hydrogen-bond donors (Lipinski definition) is 3. The lowest BCUT2D eigenvalue weighted by molar-refractivity contribution is 0.220. The van der Waals surface area contributed by atoms with E-state index in [4.69, 9.17) is 0 Å². The van der Waals surface area contributed by atoms with Gasteiger partial charge in [0.1, 0.15) is 5.79 Å². The molecule has 0 aromatic heterocycles. The van der Waals surface area contributed by atoms with Gasteiger partial charge in [0.25, 0.3) is 0 Å². The zero-order valence-electron chi connectivity index (χ0n) is 8.83. The second-order valence-electron chi connectivity index (χ2n) is 3.11. The van der Waals surface area contributed by atoms with Crippen molar-refractivity contribution in [1.29, 1.82) is 0 Å². The molecule has 0 spiro atoms. The van der Waals surface area contributed by atoms with E-state index in [1.165, 1.54) is 19.3 Å². The van der Waals surface area contributed by atoms with Gasteiger partial charge in [-0.1, -0.05) is 19.8 Å². The van der Waals surface area contributed by atoms with Gasteiger partial charge in [0, 0.05) is 0 Å². The van der Waals surface area contributed by atoms with Crippen LogP contribution in [0.2, 0.25) is 0 Å². The summed E-state index contributed by atoms with van der Waals surface area (Å²) >= 11 is 0. The second kappa shape index (κ2) is 6.40. The van der Waals surface area contributed by atoms with Gasteiger partial charge >= 0.3 is 0 Å². The maximum Gasteiger partial charge on any atom is 0.122 e. The topological polar surface area (TPSA) is 36.1 Å². The summed E-state index contributed by atoms with van der Waals surface area (Å²) in [6, 6.07) is 0. The first-order valence-electron chi connectivity index (χ1n) is 4.81. The fourth-order valence-corrected chi connectivity index (χ4v) is 1.39. The molecule has 0 aromatic rings. The average molecular weight is 173 g/mol. The summed E-state index contributed by atoms with van der Waals surface area (Å²) in [5.41, 5.74) is 0. The Labute approximate surface area is 76.3 Å². The number of hydrogen-bond acceptors (Lipinski definition) is 3. The third-order valence-electron chi connectivity index (χ3n) is 2.44. The molecule has 0 aromatic carbocycles. The molecule has 0 radical (unpaired) electrons. The average Bonchev–Trinajstić information content (AvgIpc) is 2.14. The third-order valence-corrected chi connectivity index (χ3v) is 2.44. The van der Waals surface area contributed by atoms with Crippen LogP contribution in [0.25, 0.3) is 0 Å². The van der Waals surface area contributed by atoms with Crippen molar-refractivity contribution < 1.29 is 0 Å². The van der Waals surface area contributed by atoms with Crippen LogP contribution in [-0.4, -0.2) is 26.9 Å². The Bertz CT molecular complexity index is 91.7. The van der Waals surface area contributed by atoms with Crippen molar-refractivity contribution in [2.45, 2.75) is 38.4 Å². The normalized spacial score (nSPS) is 12.0. The van der Waals surface area contributed by atoms with Gasteiger partial charge in [0.15, 0.2) is 0 Å². The van der Waals surface area contributed by atoms with Crippen LogP contribution < -0.4 is 16.0 Å². The first kappa shape index (κ1) is 11.9. The van der Waals surface area contributed by atoms with E-state index < -0.39 is 0 Å². The molecule has 3 nitrogen and oxygen atoms in total. The van der Waals surface area contributed by atoms with Crippen molar-refractivity contribution in [3.63, 3.8) is 0 Å². The minimum Gasteiger partial charge on any atom is -0.290 e. The van der Waals surface area contributed by atoms with Gasteiger partial charge in [0.2, 0.25) is 0 Å². The highest BCUT2D eigenvalue weighted by molar-refractivity contribution is 4.77. The van der Waals surface area contributed by atoms with Gasteiger partial charge in [-0.15, -0.1) is 0 Å². The lowest BCUT2D eigenvalue weighted by Gasteiger charge is -2.33. The van der Waals surface area contributed by atoms with Crippen molar-refractivity contribution in [3.8, 4) is 0 Å². The summed E-state index contributed by atoms with van der Waals surface area (Å²) in [5.74, 6) is -0.0742. The molecule has 0 bridgehead atoms. The van der Waals surface area contributed by atoms with Crippen LogP contribution in [0.15, 0.2) is 0 Å². The first-order chi connectivity index (χ1) is 5.74. The summed E-state index contributed by atoms with van der Waals surface area (Å²) in [5, 5.41) is 9.75. The quantitative estimate of drug-likeness (QED) is 0.395. The lowest BCUT2D eigenvalue weighted by atomic mass is 10.1. The van der Waals surface area contributed by atoms with Gasteiger partial charge in [-0.3, -0.25) is 16.0 Å². The molecule has 0 saturated carbocycles. The predicted molar refractivity (Wildman–Crippen MR) is 54.1 cm³/mol. The van der Waals surface area contributed by atoms with Crippen LogP contribution in [0.5, 0.6) is 0 Å². The van der Waals surface area contributed by atoms with E-state index in [1.54, 1.807) is 0 Å². The Morgan fingerprint density at radius 2 is 1.42 bits per heavy atom. The third kappa shape index (κ3) is 3.52. The number of rotatable bonds is 7. The summed E-state index contributed by atoms with van der Waals surface area (Å²) in [7, 11) is 5.91. The first-order valence-corrected chi connectivity index (χ1v) is 4.81. The maximum atomic E-state index is 3.25.